The number of ether oxygens (including phenoxy) is 2. The zero-order valence-corrected chi connectivity index (χ0v) is 11.5. The first kappa shape index (κ1) is 14.3. The first-order valence-corrected chi connectivity index (χ1v) is 7.36. The molecule has 0 aromatic heterocycles. The van der Waals surface area contributed by atoms with Crippen molar-refractivity contribution in [3.63, 3.8) is 0 Å². The third kappa shape index (κ3) is 4.19. The summed E-state index contributed by atoms with van der Waals surface area (Å²) in [5.41, 5.74) is -0.507. The molecule has 0 amide bonds. The topological polar surface area (TPSA) is 50.7 Å². The molecule has 4 nitrogen and oxygen atoms in total. The second-order valence-corrected chi connectivity index (χ2v) is 5.68. The average molecular weight is 257 g/mol. The zero-order chi connectivity index (χ0) is 12.8. The van der Waals surface area contributed by atoms with Crippen molar-refractivity contribution in [2.45, 2.75) is 63.1 Å². The second kappa shape index (κ2) is 6.85. The van der Waals surface area contributed by atoms with Crippen LogP contribution < -0.4 is 5.32 Å². The summed E-state index contributed by atoms with van der Waals surface area (Å²) in [6, 6.07) is 1.04. The van der Waals surface area contributed by atoms with Crippen LogP contribution in [0.15, 0.2) is 0 Å². The SMILES string of the molecule is CCOCCOCCC1(O)CC2CCCC(C1)N2. The predicted molar refractivity (Wildman–Crippen MR) is 70.7 cm³/mol. The first-order chi connectivity index (χ1) is 8.72. The third-order valence-electron chi connectivity index (χ3n) is 4.12. The van der Waals surface area contributed by atoms with Crippen molar-refractivity contribution in [3.8, 4) is 0 Å². The van der Waals surface area contributed by atoms with Crippen LogP contribution in [0.3, 0.4) is 0 Å². The molecule has 2 rings (SSSR count). The molecule has 0 aromatic carbocycles. The van der Waals surface area contributed by atoms with Crippen LogP contribution in [0.1, 0.15) is 45.4 Å². The lowest BCUT2D eigenvalue weighted by Crippen LogP contribution is -2.56. The van der Waals surface area contributed by atoms with Gasteiger partial charge in [0.05, 0.1) is 18.8 Å². The van der Waals surface area contributed by atoms with Gasteiger partial charge in [-0.15, -0.1) is 0 Å². The van der Waals surface area contributed by atoms with Crippen LogP contribution >= 0.6 is 0 Å². The van der Waals surface area contributed by atoms with Crippen LogP contribution in [0.25, 0.3) is 0 Å². The average Bonchev–Trinajstić information content (AvgIpc) is 2.33. The van der Waals surface area contributed by atoms with E-state index in [1.54, 1.807) is 0 Å². The van der Waals surface area contributed by atoms with Crippen LogP contribution in [0, 0.1) is 0 Å². The molecular weight excluding hydrogens is 230 g/mol. The lowest BCUT2D eigenvalue weighted by atomic mass is 9.76. The summed E-state index contributed by atoms with van der Waals surface area (Å²) in [6.45, 7) is 4.65. The van der Waals surface area contributed by atoms with Crippen LogP contribution in [-0.2, 0) is 9.47 Å². The summed E-state index contributed by atoms with van der Waals surface area (Å²) >= 11 is 0. The van der Waals surface area contributed by atoms with Crippen LogP contribution in [0.4, 0.5) is 0 Å². The van der Waals surface area contributed by atoms with Crippen LogP contribution in [-0.4, -0.2) is 49.2 Å². The molecule has 2 saturated heterocycles. The number of nitrogens with one attached hydrogen (secondary N) is 1. The molecule has 4 heteroatoms. The second-order valence-electron chi connectivity index (χ2n) is 5.68. The maximum Gasteiger partial charge on any atom is 0.0700 e. The maximum absolute atomic E-state index is 10.6. The van der Waals surface area contributed by atoms with E-state index in [2.05, 4.69) is 5.32 Å². The standard InChI is InChI=1S/C14H27NO3/c1-2-17-8-9-18-7-6-14(16)10-12-4-3-5-13(11-14)15-12/h12-13,15-16H,2-11H2,1H3. The van der Waals surface area contributed by atoms with E-state index < -0.39 is 5.60 Å². The summed E-state index contributed by atoms with van der Waals surface area (Å²) in [5, 5.41) is 14.2. The molecule has 0 aromatic rings. The molecular formula is C14H27NO3. The Morgan fingerprint density at radius 2 is 1.78 bits per heavy atom. The molecule has 0 saturated carbocycles. The van der Waals surface area contributed by atoms with Crippen molar-refractivity contribution in [3.05, 3.63) is 0 Å². The Morgan fingerprint density at radius 3 is 2.44 bits per heavy atom. The van der Waals surface area contributed by atoms with Gasteiger partial charge in [-0.3, -0.25) is 0 Å². The lowest BCUT2D eigenvalue weighted by molar-refractivity contribution is -0.0575. The molecule has 2 atom stereocenters. The summed E-state index contributed by atoms with van der Waals surface area (Å²) in [7, 11) is 0. The van der Waals surface area contributed by atoms with E-state index in [0.29, 0.717) is 31.9 Å². The van der Waals surface area contributed by atoms with E-state index in [-0.39, 0.29) is 0 Å². The molecule has 2 bridgehead atoms. The minimum absolute atomic E-state index is 0.507. The lowest BCUT2D eigenvalue weighted by Gasteiger charge is -2.45. The minimum Gasteiger partial charge on any atom is -0.390 e. The fraction of sp³-hybridized carbons (Fsp3) is 1.00. The van der Waals surface area contributed by atoms with Gasteiger partial charge in [-0.1, -0.05) is 6.42 Å². The van der Waals surface area contributed by atoms with Gasteiger partial charge >= 0.3 is 0 Å². The maximum atomic E-state index is 10.6. The van der Waals surface area contributed by atoms with Gasteiger partial charge in [-0.2, -0.15) is 0 Å². The number of rotatable bonds is 7. The summed E-state index contributed by atoms with van der Waals surface area (Å²) in [6.07, 6.45) is 6.27. The Labute approximate surface area is 110 Å². The number of piperidine rings is 2. The highest BCUT2D eigenvalue weighted by molar-refractivity contribution is 4.97. The highest BCUT2D eigenvalue weighted by Crippen LogP contribution is 2.34. The van der Waals surface area contributed by atoms with Crippen molar-refractivity contribution in [2.75, 3.05) is 26.4 Å². The van der Waals surface area contributed by atoms with Crippen LogP contribution in [0.5, 0.6) is 0 Å². The monoisotopic (exact) mass is 257 g/mol. The predicted octanol–water partition coefficient (Wildman–Crippen LogP) is 1.47. The normalized spacial score (nSPS) is 35.7. The molecule has 0 radical (unpaired) electrons. The molecule has 0 spiro atoms. The number of fused-ring (bicyclic) bond motifs is 2. The van der Waals surface area contributed by atoms with Gasteiger partial charge in [-0.25, -0.2) is 0 Å². The van der Waals surface area contributed by atoms with Gasteiger partial charge in [0.2, 0.25) is 0 Å². The first-order valence-electron chi connectivity index (χ1n) is 7.36. The van der Waals surface area contributed by atoms with Crippen molar-refractivity contribution >= 4 is 0 Å². The van der Waals surface area contributed by atoms with Crippen LogP contribution in [0.2, 0.25) is 0 Å². The number of hydrogen-bond donors (Lipinski definition) is 2. The summed E-state index contributed by atoms with van der Waals surface area (Å²) < 4.78 is 10.7. The van der Waals surface area contributed by atoms with Crippen molar-refractivity contribution in [1.82, 2.24) is 5.32 Å². The summed E-state index contributed by atoms with van der Waals surface area (Å²) in [4.78, 5) is 0. The molecule has 2 aliphatic rings. The van der Waals surface area contributed by atoms with Gasteiger partial charge in [0.25, 0.3) is 0 Å². The smallest absolute Gasteiger partial charge is 0.0700 e. The Hall–Kier alpha value is -0.160. The molecule has 2 N–H and O–H groups in total. The molecule has 106 valence electrons. The van der Waals surface area contributed by atoms with E-state index in [9.17, 15) is 5.11 Å². The minimum atomic E-state index is -0.507. The third-order valence-corrected chi connectivity index (χ3v) is 4.12. The fourth-order valence-corrected chi connectivity index (χ4v) is 3.26. The highest BCUT2D eigenvalue weighted by atomic mass is 16.5. The largest absolute Gasteiger partial charge is 0.390 e. The van der Waals surface area contributed by atoms with E-state index >= 15 is 0 Å². The fourth-order valence-electron chi connectivity index (χ4n) is 3.26. The van der Waals surface area contributed by atoms with Crippen molar-refractivity contribution in [2.24, 2.45) is 0 Å². The van der Waals surface area contributed by atoms with E-state index in [4.69, 9.17) is 9.47 Å². The number of aliphatic hydroxyl groups is 1. The van der Waals surface area contributed by atoms with Gasteiger partial charge in [0.15, 0.2) is 0 Å². The van der Waals surface area contributed by atoms with Gasteiger partial charge in [0, 0.05) is 25.3 Å². The van der Waals surface area contributed by atoms with Gasteiger partial charge in [-0.05, 0) is 39.0 Å². The Bertz CT molecular complexity index is 235. The zero-order valence-electron chi connectivity index (χ0n) is 11.5. The number of hydrogen-bond acceptors (Lipinski definition) is 4. The van der Waals surface area contributed by atoms with Crippen molar-refractivity contribution in [1.29, 1.82) is 0 Å². The molecule has 18 heavy (non-hydrogen) atoms. The van der Waals surface area contributed by atoms with Crippen molar-refractivity contribution < 1.29 is 14.6 Å². The molecule has 2 aliphatic heterocycles. The van der Waals surface area contributed by atoms with E-state index in [1.165, 1.54) is 19.3 Å². The molecule has 2 fully saturated rings. The quantitative estimate of drug-likeness (QED) is 0.678. The Kier molecular flexibility index (Phi) is 5.42. The molecule has 2 unspecified atom stereocenters. The van der Waals surface area contributed by atoms with E-state index in [1.807, 2.05) is 6.92 Å². The highest BCUT2D eigenvalue weighted by Gasteiger charge is 2.40. The summed E-state index contributed by atoms with van der Waals surface area (Å²) in [5.74, 6) is 0. The molecule has 2 heterocycles. The van der Waals surface area contributed by atoms with E-state index in [0.717, 1.165) is 25.9 Å². The Balaban J connectivity index is 1.65. The van der Waals surface area contributed by atoms with Gasteiger partial charge < -0.3 is 19.9 Å². The Morgan fingerprint density at radius 1 is 1.11 bits per heavy atom. The molecule has 0 aliphatic carbocycles. The van der Waals surface area contributed by atoms with Gasteiger partial charge in [0.1, 0.15) is 0 Å².